The quantitative estimate of drug-likeness (QED) is 0.897. The van der Waals surface area contributed by atoms with E-state index >= 15 is 0 Å². The molecule has 1 amide bonds. The highest BCUT2D eigenvalue weighted by molar-refractivity contribution is 5.85. The lowest BCUT2D eigenvalue weighted by molar-refractivity contribution is -0.123. The number of amides is 1. The van der Waals surface area contributed by atoms with Gasteiger partial charge < -0.3 is 10.6 Å². The summed E-state index contributed by atoms with van der Waals surface area (Å²) < 4.78 is 0. The maximum absolute atomic E-state index is 12.2. The van der Waals surface area contributed by atoms with Crippen molar-refractivity contribution in [3.05, 3.63) is 35.9 Å². The van der Waals surface area contributed by atoms with Crippen molar-refractivity contribution in [1.29, 1.82) is 0 Å². The van der Waals surface area contributed by atoms with Gasteiger partial charge in [0.1, 0.15) is 0 Å². The van der Waals surface area contributed by atoms with Crippen LogP contribution in [0.1, 0.15) is 38.7 Å². The first-order chi connectivity index (χ1) is 9.08. The van der Waals surface area contributed by atoms with E-state index in [0.29, 0.717) is 12.5 Å². The minimum Gasteiger partial charge on any atom is -0.353 e. The normalized spacial score (nSPS) is 16.3. The van der Waals surface area contributed by atoms with Gasteiger partial charge >= 0.3 is 0 Å². The van der Waals surface area contributed by atoms with Crippen LogP contribution in [0, 0.1) is 0 Å². The Labute approximate surface area is 127 Å². The summed E-state index contributed by atoms with van der Waals surface area (Å²) in [5.41, 5.74) is 1.11. The van der Waals surface area contributed by atoms with Gasteiger partial charge in [-0.15, -0.1) is 12.4 Å². The standard InChI is InChI=1S/C16H24N2O.ClH/c1-16(2,13-6-4-3-5-7-13)12-15(19)18-14-8-10-17-11-9-14;/h3-7,14,17H,8-12H2,1-2H3,(H,18,19);1H. The molecule has 1 heterocycles. The van der Waals surface area contributed by atoms with Crippen LogP contribution >= 0.6 is 12.4 Å². The predicted molar refractivity (Wildman–Crippen MR) is 85.4 cm³/mol. The lowest BCUT2D eigenvalue weighted by Crippen LogP contribution is -2.44. The van der Waals surface area contributed by atoms with E-state index in [1.54, 1.807) is 0 Å². The third-order valence-corrected chi connectivity index (χ3v) is 3.86. The maximum atomic E-state index is 12.2. The first-order valence-corrected chi connectivity index (χ1v) is 7.13. The molecule has 0 aromatic heterocycles. The fourth-order valence-electron chi connectivity index (χ4n) is 2.64. The average Bonchev–Trinajstić information content (AvgIpc) is 2.40. The van der Waals surface area contributed by atoms with Crippen molar-refractivity contribution in [1.82, 2.24) is 10.6 Å². The zero-order chi connectivity index (χ0) is 13.7. The maximum Gasteiger partial charge on any atom is 0.221 e. The van der Waals surface area contributed by atoms with Crippen LogP contribution in [0.2, 0.25) is 0 Å². The van der Waals surface area contributed by atoms with Crippen LogP contribution in [-0.2, 0) is 10.2 Å². The molecule has 2 N–H and O–H groups in total. The number of hydrogen-bond donors (Lipinski definition) is 2. The molecule has 1 aromatic rings. The second-order valence-electron chi connectivity index (χ2n) is 6.02. The Morgan fingerprint density at radius 3 is 2.45 bits per heavy atom. The molecule has 112 valence electrons. The molecule has 4 heteroatoms. The summed E-state index contributed by atoms with van der Waals surface area (Å²) >= 11 is 0. The molecule has 2 rings (SSSR count). The Hall–Kier alpha value is -1.06. The van der Waals surface area contributed by atoms with Crippen molar-refractivity contribution in [2.24, 2.45) is 0 Å². The monoisotopic (exact) mass is 296 g/mol. The average molecular weight is 297 g/mol. The van der Waals surface area contributed by atoms with E-state index in [9.17, 15) is 4.79 Å². The van der Waals surface area contributed by atoms with E-state index in [0.717, 1.165) is 25.9 Å². The Bertz CT molecular complexity index is 414. The van der Waals surface area contributed by atoms with Crippen LogP contribution in [0.5, 0.6) is 0 Å². The smallest absolute Gasteiger partial charge is 0.221 e. The molecule has 3 nitrogen and oxygen atoms in total. The van der Waals surface area contributed by atoms with Gasteiger partial charge in [0, 0.05) is 12.5 Å². The summed E-state index contributed by atoms with van der Waals surface area (Å²) in [4.78, 5) is 12.2. The van der Waals surface area contributed by atoms with E-state index < -0.39 is 0 Å². The molecule has 0 atom stereocenters. The van der Waals surface area contributed by atoms with Crippen molar-refractivity contribution >= 4 is 18.3 Å². The van der Waals surface area contributed by atoms with E-state index in [-0.39, 0.29) is 23.7 Å². The molecule has 1 fully saturated rings. The first-order valence-electron chi connectivity index (χ1n) is 7.13. The van der Waals surface area contributed by atoms with Gasteiger partial charge in [-0.05, 0) is 36.9 Å². The van der Waals surface area contributed by atoms with Crippen LogP contribution in [0.3, 0.4) is 0 Å². The van der Waals surface area contributed by atoms with Gasteiger partial charge in [-0.3, -0.25) is 4.79 Å². The lowest BCUT2D eigenvalue weighted by Gasteiger charge is -2.28. The first kappa shape index (κ1) is 17.0. The number of carbonyl (C=O) groups is 1. The third-order valence-electron chi connectivity index (χ3n) is 3.86. The number of halogens is 1. The molecular formula is C16H25ClN2O. The Morgan fingerprint density at radius 1 is 1.25 bits per heavy atom. The molecule has 0 spiro atoms. The Morgan fingerprint density at radius 2 is 1.85 bits per heavy atom. The molecule has 0 radical (unpaired) electrons. The number of piperidine rings is 1. The number of benzene rings is 1. The van der Waals surface area contributed by atoms with E-state index in [4.69, 9.17) is 0 Å². The Balaban J connectivity index is 0.00000200. The minimum absolute atomic E-state index is 0. The SMILES string of the molecule is CC(C)(CC(=O)NC1CCNCC1)c1ccccc1.Cl. The van der Waals surface area contributed by atoms with Crippen LogP contribution in [0.15, 0.2) is 30.3 Å². The number of hydrogen-bond acceptors (Lipinski definition) is 2. The van der Waals surface area contributed by atoms with Crippen LogP contribution in [0.4, 0.5) is 0 Å². The van der Waals surface area contributed by atoms with Crippen LogP contribution in [0.25, 0.3) is 0 Å². The van der Waals surface area contributed by atoms with Crippen molar-refractivity contribution in [2.75, 3.05) is 13.1 Å². The molecular weight excluding hydrogens is 272 g/mol. The van der Waals surface area contributed by atoms with Gasteiger partial charge in [0.05, 0.1) is 0 Å². The van der Waals surface area contributed by atoms with Crippen molar-refractivity contribution in [3.63, 3.8) is 0 Å². The fraction of sp³-hybridized carbons (Fsp3) is 0.562. The molecule has 1 saturated heterocycles. The van der Waals surface area contributed by atoms with Crippen molar-refractivity contribution < 1.29 is 4.79 Å². The molecule has 20 heavy (non-hydrogen) atoms. The second kappa shape index (κ2) is 7.65. The zero-order valence-corrected chi connectivity index (χ0v) is 13.1. The summed E-state index contributed by atoms with van der Waals surface area (Å²) in [6, 6.07) is 10.6. The molecule has 1 aliphatic heterocycles. The largest absolute Gasteiger partial charge is 0.353 e. The second-order valence-corrected chi connectivity index (χ2v) is 6.02. The van der Waals surface area contributed by atoms with Gasteiger partial charge in [-0.2, -0.15) is 0 Å². The zero-order valence-electron chi connectivity index (χ0n) is 12.3. The molecule has 0 unspecified atom stereocenters. The summed E-state index contributed by atoms with van der Waals surface area (Å²) in [6.45, 7) is 6.27. The van der Waals surface area contributed by atoms with Crippen LogP contribution in [-0.4, -0.2) is 25.0 Å². The fourth-order valence-corrected chi connectivity index (χ4v) is 2.64. The minimum atomic E-state index is -0.113. The summed E-state index contributed by atoms with van der Waals surface area (Å²) in [7, 11) is 0. The number of nitrogens with one attached hydrogen (secondary N) is 2. The highest BCUT2D eigenvalue weighted by Crippen LogP contribution is 2.26. The molecule has 1 aliphatic rings. The topological polar surface area (TPSA) is 41.1 Å². The van der Waals surface area contributed by atoms with Gasteiger partial charge in [-0.25, -0.2) is 0 Å². The van der Waals surface area contributed by atoms with E-state index in [2.05, 4.69) is 36.6 Å². The number of rotatable bonds is 4. The van der Waals surface area contributed by atoms with Crippen LogP contribution < -0.4 is 10.6 Å². The van der Waals surface area contributed by atoms with E-state index in [1.165, 1.54) is 5.56 Å². The number of carbonyl (C=O) groups excluding carboxylic acids is 1. The van der Waals surface area contributed by atoms with Gasteiger partial charge in [-0.1, -0.05) is 44.2 Å². The lowest BCUT2D eigenvalue weighted by atomic mass is 9.81. The van der Waals surface area contributed by atoms with Gasteiger partial charge in [0.2, 0.25) is 5.91 Å². The molecule has 1 aromatic carbocycles. The molecule has 0 saturated carbocycles. The Kier molecular flexibility index (Phi) is 6.50. The summed E-state index contributed by atoms with van der Waals surface area (Å²) in [6.07, 6.45) is 2.62. The third kappa shape index (κ3) is 4.80. The summed E-state index contributed by atoms with van der Waals surface area (Å²) in [5.74, 6) is 0.167. The highest BCUT2D eigenvalue weighted by atomic mass is 35.5. The highest BCUT2D eigenvalue weighted by Gasteiger charge is 2.25. The van der Waals surface area contributed by atoms with Gasteiger partial charge in [0.15, 0.2) is 0 Å². The van der Waals surface area contributed by atoms with Crippen molar-refractivity contribution in [3.8, 4) is 0 Å². The van der Waals surface area contributed by atoms with Gasteiger partial charge in [0.25, 0.3) is 0 Å². The van der Waals surface area contributed by atoms with Crippen molar-refractivity contribution in [2.45, 2.75) is 44.6 Å². The van der Waals surface area contributed by atoms with E-state index in [1.807, 2.05) is 18.2 Å². The molecule has 0 bridgehead atoms. The predicted octanol–water partition coefficient (Wildman–Crippen LogP) is 2.64. The summed E-state index contributed by atoms with van der Waals surface area (Å²) in [5, 5.41) is 6.48. The molecule has 0 aliphatic carbocycles.